The van der Waals surface area contributed by atoms with Crippen LogP contribution in [0.5, 0.6) is 0 Å². The molecule has 1 atom stereocenters. The number of hydrogen-bond donors (Lipinski definition) is 2. The summed E-state index contributed by atoms with van der Waals surface area (Å²) in [6, 6.07) is 12.1. The summed E-state index contributed by atoms with van der Waals surface area (Å²) in [4.78, 5) is 12.1. The van der Waals surface area contributed by atoms with Gasteiger partial charge in [0.2, 0.25) is 0 Å². The highest BCUT2D eigenvalue weighted by Gasteiger charge is 2.18. The first kappa shape index (κ1) is 13.8. The summed E-state index contributed by atoms with van der Waals surface area (Å²) >= 11 is 4.13. The predicted molar refractivity (Wildman–Crippen MR) is 74.8 cm³/mol. The Hall–Kier alpha value is -1.65. The van der Waals surface area contributed by atoms with Crippen LogP contribution < -0.4 is 0 Å². The third-order valence-corrected chi connectivity index (χ3v) is 3.22. The molecule has 19 heavy (non-hydrogen) atoms. The van der Waals surface area contributed by atoms with E-state index in [-0.39, 0.29) is 0 Å². The maximum atomic E-state index is 12.8. The molecule has 0 aromatic heterocycles. The highest BCUT2D eigenvalue weighted by molar-refractivity contribution is 7.79. The normalized spacial score (nSPS) is 12.2. The Kier molecular flexibility index (Phi) is 4.35. The zero-order valence-corrected chi connectivity index (χ0v) is 11.0. The van der Waals surface area contributed by atoms with Crippen molar-refractivity contribution in [3.05, 3.63) is 71.0 Å². The van der Waals surface area contributed by atoms with Crippen molar-refractivity contribution in [1.82, 2.24) is 0 Å². The zero-order valence-electron chi connectivity index (χ0n) is 10.1. The second-order valence-electron chi connectivity index (χ2n) is 4.17. The molecule has 98 valence electrons. The summed E-state index contributed by atoms with van der Waals surface area (Å²) < 4.78 is 12.8. The lowest BCUT2D eigenvalue weighted by atomic mass is 9.99. The van der Waals surface area contributed by atoms with Gasteiger partial charge in [-0.25, -0.2) is 4.39 Å². The van der Waals surface area contributed by atoms with E-state index in [2.05, 4.69) is 12.6 Å². The van der Waals surface area contributed by atoms with Crippen molar-refractivity contribution in [2.75, 3.05) is 0 Å². The monoisotopic (exact) mass is 276 g/mol. The van der Waals surface area contributed by atoms with E-state index < -0.39 is 17.7 Å². The number of carbonyl (C=O) groups is 1. The maximum Gasteiger partial charge on any atom is 0.195 e. The molecule has 0 heterocycles. The predicted octanol–water partition coefficient (Wildman–Crippen LogP) is 3.17. The molecular formula is C15H13FO2S. The van der Waals surface area contributed by atoms with Crippen LogP contribution in [-0.4, -0.2) is 10.9 Å². The van der Waals surface area contributed by atoms with Gasteiger partial charge in [0.05, 0.1) is 0 Å². The molecule has 0 aliphatic carbocycles. The van der Waals surface area contributed by atoms with E-state index >= 15 is 0 Å². The minimum atomic E-state index is -1.28. The number of carbonyl (C=O) groups excluding carboxylic acids is 1. The van der Waals surface area contributed by atoms with Crippen molar-refractivity contribution in [1.29, 1.82) is 0 Å². The SMILES string of the molecule is O=C(c1ccc(CS)cc1)C(O)c1ccc(F)cc1. The fraction of sp³-hybridized carbons (Fsp3) is 0.133. The van der Waals surface area contributed by atoms with Crippen LogP contribution in [0.15, 0.2) is 48.5 Å². The van der Waals surface area contributed by atoms with E-state index in [1.807, 2.05) is 0 Å². The molecule has 1 unspecified atom stereocenters. The number of aliphatic hydroxyl groups is 1. The van der Waals surface area contributed by atoms with E-state index in [9.17, 15) is 14.3 Å². The summed E-state index contributed by atoms with van der Waals surface area (Å²) in [7, 11) is 0. The number of hydrogen-bond acceptors (Lipinski definition) is 3. The lowest BCUT2D eigenvalue weighted by Gasteiger charge is -2.10. The molecule has 0 aliphatic heterocycles. The summed E-state index contributed by atoms with van der Waals surface area (Å²) in [5, 5.41) is 9.97. The number of rotatable bonds is 4. The van der Waals surface area contributed by atoms with Crippen molar-refractivity contribution in [3.8, 4) is 0 Å². The van der Waals surface area contributed by atoms with Crippen molar-refractivity contribution >= 4 is 18.4 Å². The molecule has 1 N–H and O–H groups in total. The van der Waals surface area contributed by atoms with Gasteiger partial charge in [-0.3, -0.25) is 4.79 Å². The van der Waals surface area contributed by atoms with Crippen molar-refractivity contribution in [3.63, 3.8) is 0 Å². The van der Waals surface area contributed by atoms with Crippen molar-refractivity contribution in [2.24, 2.45) is 0 Å². The Morgan fingerprint density at radius 3 is 2.21 bits per heavy atom. The first-order valence-corrected chi connectivity index (χ1v) is 6.42. The number of ketones is 1. The number of thiol groups is 1. The van der Waals surface area contributed by atoms with Crippen LogP contribution in [0.25, 0.3) is 0 Å². The first-order valence-electron chi connectivity index (χ1n) is 5.79. The number of benzene rings is 2. The highest BCUT2D eigenvalue weighted by atomic mass is 32.1. The molecule has 0 fully saturated rings. The standard InChI is InChI=1S/C15H13FO2S/c16-13-7-5-12(6-8-13)15(18)14(17)11-3-1-10(9-19)2-4-11/h1-8,15,18-19H,9H2. The molecule has 0 saturated heterocycles. The minimum absolute atomic E-state index is 0.379. The van der Waals surface area contributed by atoms with E-state index in [0.717, 1.165) is 5.56 Å². The summed E-state index contributed by atoms with van der Waals surface area (Å²) in [5.41, 5.74) is 1.79. The van der Waals surface area contributed by atoms with Crippen LogP contribution >= 0.6 is 12.6 Å². The van der Waals surface area contributed by atoms with Gasteiger partial charge in [0.1, 0.15) is 11.9 Å². The quantitative estimate of drug-likeness (QED) is 0.665. The molecule has 2 nitrogen and oxygen atoms in total. The number of Topliss-reactive ketones (excluding diaryl/α,β-unsaturated/α-hetero) is 1. The smallest absolute Gasteiger partial charge is 0.195 e. The van der Waals surface area contributed by atoms with Crippen molar-refractivity contribution in [2.45, 2.75) is 11.9 Å². The Bertz CT molecular complexity index is 564. The van der Waals surface area contributed by atoms with Crippen LogP contribution in [0.4, 0.5) is 4.39 Å². The lowest BCUT2D eigenvalue weighted by Crippen LogP contribution is -2.12. The number of halogens is 1. The van der Waals surface area contributed by atoms with Gasteiger partial charge in [-0.05, 0) is 23.3 Å². The van der Waals surface area contributed by atoms with Crippen LogP contribution in [0.1, 0.15) is 27.6 Å². The van der Waals surface area contributed by atoms with Gasteiger partial charge < -0.3 is 5.11 Å². The fourth-order valence-corrected chi connectivity index (χ4v) is 1.94. The Morgan fingerprint density at radius 1 is 1.11 bits per heavy atom. The van der Waals surface area contributed by atoms with Gasteiger partial charge in [-0.15, -0.1) is 0 Å². The molecule has 0 radical (unpaired) electrons. The highest BCUT2D eigenvalue weighted by Crippen LogP contribution is 2.19. The summed E-state index contributed by atoms with van der Waals surface area (Å²) in [6.45, 7) is 0. The fourth-order valence-electron chi connectivity index (χ4n) is 1.73. The largest absolute Gasteiger partial charge is 0.380 e. The Labute approximate surface area is 116 Å². The average Bonchev–Trinajstić information content (AvgIpc) is 2.46. The van der Waals surface area contributed by atoms with Crippen LogP contribution in [0.3, 0.4) is 0 Å². The van der Waals surface area contributed by atoms with Gasteiger partial charge in [-0.2, -0.15) is 12.6 Å². The van der Waals surface area contributed by atoms with Crippen molar-refractivity contribution < 1.29 is 14.3 Å². The summed E-state index contributed by atoms with van der Waals surface area (Å²) in [6.07, 6.45) is -1.28. The molecule has 2 aromatic carbocycles. The maximum absolute atomic E-state index is 12.8. The molecule has 4 heteroatoms. The second kappa shape index (κ2) is 5.99. The Balaban J connectivity index is 2.20. The molecule has 0 amide bonds. The van der Waals surface area contributed by atoms with Gasteiger partial charge in [0.15, 0.2) is 5.78 Å². The third kappa shape index (κ3) is 3.22. The topological polar surface area (TPSA) is 37.3 Å². The van der Waals surface area contributed by atoms with E-state index in [1.165, 1.54) is 24.3 Å². The van der Waals surface area contributed by atoms with Crippen LogP contribution in [-0.2, 0) is 5.75 Å². The van der Waals surface area contributed by atoms with E-state index in [0.29, 0.717) is 16.9 Å². The van der Waals surface area contributed by atoms with E-state index in [1.54, 1.807) is 24.3 Å². The summed E-state index contributed by atoms with van der Waals surface area (Å²) in [5.74, 6) is -0.214. The first-order chi connectivity index (χ1) is 9.11. The minimum Gasteiger partial charge on any atom is -0.380 e. The average molecular weight is 276 g/mol. The molecule has 2 aromatic rings. The third-order valence-electron chi connectivity index (χ3n) is 2.86. The Morgan fingerprint density at radius 2 is 1.68 bits per heavy atom. The van der Waals surface area contributed by atoms with E-state index in [4.69, 9.17) is 0 Å². The lowest BCUT2D eigenvalue weighted by molar-refractivity contribution is 0.0747. The van der Waals surface area contributed by atoms with Crippen LogP contribution in [0, 0.1) is 5.82 Å². The van der Waals surface area contributed by atoms with Gasteiger partial charge in [-0.1, -0.05) is 36.4 Å². The molecule has 0 spiro atoms. The molecular weight excluding hydrogens is 263 g/mol. The molecule has 0 aliphatic rings. The molecule has 0 saturated carbocycles. The molecule has 0 bridgehead atoms. The number of aliphatic hydroxyl groups excluding tert-OH is 1. The van der Waals surface area contributed by atoms with Gasteiger partial charge in [0, 0.05) is 11.3 Å². The van der Waals surface area contributed by atoms with Gasteiger partial charge in [0.25, 0.3) is 0 Å². The zero-order chi connectivity index (χ0) is 13.8. The van der Waals surface area contributed by atoms with Crippen LogP contribution in [0.2, 0.25) is 0 Å². The van der Waals surface area contributed by atoms with Gasteiger partial charge >= 0.3 is 0 Å². The molecule has 2 rings (SSSR count). The second-order valence-corrected chi connectivity index (χ2v) is 4.49.